The number of nitrogens with one attached hydrogen (secondary N) is 1. The Bertz CT molecular complexity index is 560. The Morgan fingerprint density at radius 2 is 2.14 bits per heavy atom. The maximum absolute atomic E-state index is 10.00. The third-order valence-electron chi connectivity index (χ3n) is 3.15. The molecule has 0 saturated carbocycles. The molecule has 0 fully saturated rings. The van der Waals surface area contributed by atoms with Crippen LogP contribution in [0.25, 0.3) is 0 Å². The van der Waals surface area contributed by atoms with Crippen LogP contribution in [0.5, 0.6) is 11.5 Å². The molecule has 1 aromatic heterocycles. The molecule has 114 valence electrons. The summed E-state index contributed by atoms with van der Waals surface area (Å²) < 4.78 is 5.76. The number of phenols is 1. The Morgan fingerprint density at radius 1 is 1.29 bits per heavy atom. The van der Waals surface area contributed by atoms with E-state index < -0.39 is 0 Å². The Morgan fingerprint density at radius 3 is 2.86 bits per heavy atom. The molecular weight excluding hydrogens is 292 g/mol. The summed E-state index contributed by atoms with van der Waals surface area (Å²) in [7, 11) is 0. The monoisotopic (exact) mass is 310 g/mol. The Kier molecular flexibility index (Phi) is 5.80. The van der Waals surface area contributed by atoms with Crippen LogP contribution < -0.4 is 4.74 Å². The van der Waals surface area contributed by atoms with Gasteiger partial charge in [0.1, 0.15) is 17.3 Å². The van der Waals surface area contributed by atoms with Crippen molar-refractivity contribution in [3.63, 3.8) is 0 Å². The first-order valence-corrected chi connectivity index (χ1v) is 7.46. The minimum atomic E-state index is 0.128. The Balaban J connectivity index is 1.83. The molecule has 21 heavy (non-hydrogen) atoms. The summed E-state index contributed by atoms with van der Waals surface area (Å²) in [4.78, 5) is 0. The zero-order chi connectivity index (χ0) is 15.1. The highest BCUT2D eigenvalue weighted by Crippen LogP contribution is 2.35. The van der Waals surface area contributed by atoms with E-state index in [0.29, 0.717) is 17.4 Å². The van der Waals surface area contributed by atoms with Gasteiger partial charge in [0.2, 0.25) is 0 Å². The molecule has 0 spiro atoms. The molecule has 0 radical (unpaired) electrons. The van der Waals surface area contributed by atoms with E-state index in [2.05, 4.69) is 27.5 Å². The maximum Gasteiger partial charge on any atom is 0.148 e. The topological polar surface area (TPSA) is 83.9 Å². The van der Waals surface area contributed by atoms with Crippen LogP contribution in [-0.4, -0.2) is 32.3 Å². The van der Waals surface area contributed by atoms with Gasteiger partial charge in [-0.2, -0.15) is 0 Å². The minimum Gasteiger partial charge on any atom is -0.506 e. The van der Waals surface area contributed by atoms with Gasteiger partial charge in [-0.25, -0.2) is 5.10 Å². The third-order valence-corrected chi connectivity index (χ3v) is 3.45. The van der Waals surface area contributed by atoms with Crippen molar-refractivity contribution in [3.05, 3.63) is 28.5 Å². The molecule has 1 aromatic carbocycles. The first-order valence-electron chi connectivity index (χ1n) is 7.08. The lowest BCUT2D eigenvalue weighted by Gasteiger charge is -2.13. The quantitative estimate of drug-likeness (QED) is 0.732. The SMILES string of the molecule is CCCc1c(OCCCCc2nnn[nH]2)ccc(Cl)c1O. The van der Waals surface area contributed by atoms with Crippen LogP contribution in [0.3, 0.4) is 0 Å². The van der Waals surface area contributed by atoms with Gasteiger partial charge in [0.25, 0.3) is 0 Å². The largest absolute Gasteiger partial charge is 0.506 e. The average Bonchev–Trinajstić information content (AvgIpc) is 2.99. The van der Waals surface area contributed by atoms with E-state index in [1.807, 2.05) is 6.07 Å². The third kappa shape index (κ3) is 4.32. The lowest BCUT2D eigenvalue weighted by atomic mass is 10.1. The molecule has 0 saturated heterocycles. The minimum absolute atomic E-state index is 0.128. The van der Waals surface area contributed by atoms with Gasteiger partial charge in [0.15, 0.2) is 0 Å². The highest BCUT2D eigenvalue weighted by molar-refractivity contribution is 6.32. The summed E-state index contributed by atoms with van der Waals surface area (Å²) >= 11 is 5.93. The Labute approximate surface area is 128 Å². The number of halogens is 1. The number of aromatic amines is 1. The fraction of sp³-hybridized carbons (Fsp3) is 0.500. The number of phenolic OH excluding ortho intramolecular Hbond substituents is 1. The molecule has 0 unspecified atom stereocenters. The summed E-state index contributed by atoms with van der Waals surface area (Å²) in [5.41, 5.74) is 0.782. The van der Waals surface area contributed by atoms with E-state index in [-0.39, 0.29) is 5.75 Å². The molecule has 1 heterocycles. The molecule has 6 nitrogen and oxygen atoms in total. The van der Waals surface area contributed by atoms with Gasteiger partial charge in [0, 0.05) is 12.0 Å². The summed E-state index contributed by atoms with van der Waals surface area (Å²) in [6.45, 7) is 2.63. The maximum atomic E-state index is 10.00. The summed E-state index contributed by atoms with van der Waals surface area (Å²) in [5, 5.41) is 24.0. The molecule has 0 amide bonds. The molecule has 2 N–H and O–H groups in total. The Hall–Kier alpha value is -1.82. The normalized spacial score (nSPS) is 10.8. The number of ether oxygens (including phenoxy) is 1. The van der Waals surface area contributed by atoms with Crippen LogP contribution in [0.15, 0.2) is 12.1 Å². The van der Waals surface area contributed by atoms with Gasteiger partial charge >= 0.3 is 0 Å². The molecule has 2 rings (SSSR count). The highest BCUT2D eigenvalue weighted by atomic mass is 35.5. The van der Waals surface area contributed by atoms with E-state index in [1.165, 1.54) is 0 Å². The van der Waals surface area contributed by atoms with Gasteiger partial charge in [0.05, 0.1) is 11.6 Å². The zero-order valence-electron chi connectivity index (χ0n) is 12.0. The molecule has 7 heteroatoms. The second-order valence-electron chi connectivity index (χ2n) is 4.78. The van der Waals surface area contributed by atoms with E-state index in [9.17, 15) is 5.11 Å². The van der Waals surface area contributed by atoms with Crippen molar-refractivity contribution < 1.29 is 9.84 Å². The van der Waals surface area contributed by atoms with Gasteiger partial charge in [-0.05, 0) is 41.8 Å². The van der Waals surface area contributed by atoms with Gasteiger partial charge in [-0.3, -0.25) is 0 Å². The van der Waals surface area contributed by atoms with Crippen molar-refractivity contribution in [1.29, 1.82) is 0 Å². The number of unbranched alkanes of at least 4 members (excludes halogenated alkanes) is 1. The van der Waals surface area contributed by atoms with E-state index in [0.717, 1.165) is 43.5 Å². The lowest BCUT2D eigenvalue weighted by molar-refractivity contribution is 0.301. The van der Waals surface area contributed by atoms with E-state index in [4.69, 9.17) is 16.3 Å². The number of benzene rings is 1. The van der Waals surface area contributed by atoms with Gasteiger partial charge in [-0.1, -0.05) is 24.9 Å². The fourth-order valence-corrected chi connectivity index (χ4v) is 2.25. The van der Waals surface area contributed by atoms with Crippen LogP contribution in [0.2, 0.25) is 5.02 Å². The number of aromatic hydroxyl groups is 1. The molecule has 0 aliphatic carbocycles. The van der Waals surface area contributed by atoms with Crippen LogP contribution in [0, 0.1) is 0 Å². The van der Waals surface area contributed by atoms with E-state index >= 15 is 0 Å². The van der Waals surface area contributed by atoms with Crippen LogP contribution in [-0.2, 0) is 12.8 Å². The van der Waals surface area contributed by atoms with Crippen LogP contribution in [0.4, 0.5) is 0 Å². The molecule has 2 aromatic rings. The summed E-state index contributed by atoms with van der Waals surface area (Å²) in [5.74, 6) is 1.62. The highest BCUT2D eigenvalue weighted by Gasteiger charge is 2.12. The first kappa shape index (κ1) is 15.6. The van der Waals surface area contributed by atoms with Crippen molar-refractivity contribution in [2.75, 3.05) is 6.61 Å². The molecule has 0 atom stereocenters. The summed E-state index contributed by atoms with van der Waals surface area (Å²) in [6.07, 6.45) is 4.27. The van der Waals surface area contributed by atoms with Crippen molar-refractivity contribution in [1.82, 2.24) is 20.6 Å². The van der Waals surface area contributed by atoms with E-state index in [1.54, 1.807) is 6.07 Å². The lowest BCUT2D eigenvalue weighted by Crippen LogP contribution is -2.02. The van der Waals surface area contributed by atoms with Crippen LogP contribution in [0.1, 0.15) is 37.6 Å². The smallest absolute Gasteiger partial charge is 0.148 e. The predicted octanol–water partition coefficient (Wildman–Crippen LogP) is 2.91. The van der Waals surface area contributed by atoms with Crippen molar-refractivity contribution >= 4 is 11.6 Å². The zero-order valence-corrected chi connectivity index (χ0v) is 12.7. The van der Waals surface area contributed by atoms with Crippen molar-refractivity contribution in [3.8, 4) is 11.5 Å². The number of tetrazole rings is 1. The fourth-order valence-electron chi connectivity index (χ4n) is 2.08. The second-order valence-corrected chi connectivity index (χ2v) is 5.18. The van der Waals surface area contributed by atoms with Crippen LogP contribution >= 0.6 is 11.6 Å². The second kappa shape index (κ2) is 7.83. The van der Waals surface area contributed by atoms with Gasteiger partial charge < -0.3 is 9.84 Å². The van der Waals surface area contributed by atoms with Crippen molar-refractivity contribution in [2.45, 2.75) is 39.0 Å². The first-order chi connectivity index (χ1) is 10.2. The molecular formula is C14H19ClN4O2. The molecule has 0 aliphatic rings. The standard InChI is InChI=1S/C14H19ClN4O2/c1-2-5-10-12(8-7-11(15)14(10)20)21-9-4-3-6-13-16-18-19-17-13/h7-8,20H,2-6,9H2,1H3,(H,16,17,18,19). The number of rotatable bonds is 8. The predicted molar refractivity (Wildman–Crippen MR) is 79.7 cm³/mol. The average molecular weight is 311 g/mol. The van der Waals surface area contributed by atoms with Gasteiger partial charge in [-0.15, -0.1) is 5.10 Å². The number of aryl methyl sites for hydroxylation is 1. The molecule has 0 aliphatic heterocycles. The number of nitrogens with zero attached hydrogens (tertiary/aromatic N) is 3. The summed E-state index contributed by atoms with van der Waals surface area (Å²) in [6, 6.07) is 3.47. The van der Waals surface area contributed by atoms with Crippen molar-refractivity contribution in [2.24, 2.45) is 0 Å². The number of aromatic nitrogens is 4. The number of H-pyrrole nitrogens is 1. The number of hydrogen-bond acceptors (Lipinski definition) is 5. The molecule has 0 bridgehead atoms. The number of hydrogen-bond donors (Lipinski definition) is 2.